The molecule has 0 bridgehead atoms. The van der Waals surface area contributed by atoms with E-state index in [-0.39, 0.29) is 37.1 Å². The van der Waals surface area contributed by atoms with Gasteiger partial charge in [-0.3, -0.25) is 52.8 Å². The van der Waals surface area contributed by atoms with E-state index < -0.39 is 135 Å². The Labute approximate surface area is 445 Å². The van der Waals surface area contributed by atoms with Crippen molar-refractivity contribution in [1.82, 2.24) is 51.3 Å². The summed E-state index contributed by atoms with van der Waals surface area (Å²) in [5, 5.41) is 35.8. The molecular weight excluding hydrogens is 1020 g/mol. The fourth-order valence-corrected chi connectivity index (χ4v) is 10.2. The van der Waals surface area contributed by atoms with Crippen molar-refractivity contribution in [3.63, 3.8) is 0 Å². The van der Waals surface area contributed by atoms with Crippen molar-refractivity contribution in [1.29, 1.82) is 0 Å². The van der Waals surface area contributed by atoms with Gasteiger partial charge in [-0.25, -0.2) is 9.78 Å². The molecule has 0 fully saturated rings. The lowest BCUT2D eigenvalue weighted by Crippen LogP contribution is -2.56. The molecule has 78 heavy (non-hydrogen) atoms. The molecule has 4 aliphatic rings. The molecule has 0 saturated heterocycles. The van der Waals surface area contributed by atoms with Gasteiger partial charge in [0.1, 0.15) is 32.0 Å². The molecule has 410 valence electrons. The Morgan fingerprint density at radius 3 is 2.24 bits per heavy atom. The van der Waals surface area contributed by atoms with Gasteiger partial charge >= 0.3 is 11.9 Å². The standard InChI is InChI=1S/C53H58N10O15/c1-5-53(76)33-17-37-48-31(23-62(37)51(74)32(33)24-78-52(53)75)47-36(12-11-30-28(3)27(2)15-34(60-48)46(30)47)61(4)44(69)25-77-26-58-40(65)20-56-49(72)35(16-29-9-7-6-8-10-29)59-41(66)21-55-39(64)19-57-50(73)38(18-54-22-45(70)71)63-42(67)13-14-43(63)68/h6-10,13-15,17,35-36,38,54,76H,5,11-12,16,18-26H2,1-4H3,(H,55,64)(H,56,72)(H,57,73)(H,58,65)(H,59,66)(H,70,71)/t35-,36-,38?,53-/m0/s1. The molecule has 25 nitrogen and oxygen atoms in total. The Morgan fingerprint density at radius 1 is 0.872 bits per heavy atom. The maximum Gasteiger partial charge on any atom is 0.343 e. The number of carboxylic acids is 1. The van der Waals surface area contributed by atoms with Crippen molar-refractivity contribution in [3.05, 3.63) is 109 Å². The number of ether oxygens (including phenoxy) is 2. The Kier molecular flexibility index (Phi) is 16.6. The summed E-state index contributed by atoms with van der Waals surface area (Å²) in [5.74, 6) is -8.21. The monoisotopic (exact) mass is 1070 g/mol. The van der Waals surface area contributed by atoms with Crippen LogP contribution in [0, 0.1) is 13.8 Å². The van der Waals surface area contributed by atoms with Crippen LogP contribution in [0.25, 0.3) is 22.3 Å². The van der Waals surface area contributed by atoms with E-state index in [1.54, 1.807) is 59.8 Å². The number of aliphatic carboxylic acids is 1. The van der Waals surface area contributed by atoms with Crippen LogP contribution in [-0.4, -0.2) is 154 Å². The fraction of sp³-hybridized carbons (Fsp3) is 0.396. The van der Waals surface area contributed by atoms with Crippen LogP contribution < -0.4 is 37.5 Å². The maximum absolute atomic E-state index is 14.1. The molecule has 4 atom stereocenters. The Bertz CT molecular complexity index is 3250. The van der Waals surface area contributed by atoms with Gasteiger partial charge in [0, 0.05) is 48.7 Å². The van der Waals surface area contributed by atoms with Gasteiger partial charge in [0.2, 0.25) is 35.4 Å². The van der Waals surface area contributed by atoms with Gasteiger partial charge in [0.15, 0.2) is 5.60 Å². The number of aliphatic hydroxyl groups is 1. The van der Waals surface area contributed by atoms with Crippen molar-refractivity contribution < 1.29 is 67.6 Å². The average Bonchev–Trinajstić information content (AvgIpc) is 4.06. The molecule has 2 aromatic carbocycles. The highest BCUT2D eigenvalue weighted by Crippen LogP contribution is 2.47. The van der Waals surface area contributed by atoms with Crippen LogP contribution in [0.4, 0.5) is 0 Å². The zero-order chi connectivity index (χ0) is 56.2. The summed E-state index contributed by atoms with van der Waals surface area (Å²) in [4.78, 5) is 149. The first-order valence-corrected chi connectivity index (χ1v) is 25.1. The van der Waals surface area contributed by atoms with Gasteiger partial charge in [-0.1, -0.05) is 37.3 Å². The molecule has 0 saturated carbocycles. The van der Waals surface area contributed by atoms with Crippen LogP contribution in [0.3, 0.4) is 0 Å². The molecule has 0 spiro atoms. The Morgan fingerprint density at radius 2 is 1.55 bits per heavy atom. The molecule has 1 aliphatic carbocycles. The highest BCUT2D eigenvalue weighted by atomic mass is 16.6. The van der Waals surface area contributed by atoms with Gasteiger partial charge < -0.3 is 61.1 Å². The van der Waals surface area contributed by atoms with E-state index in [0.29, 0.717) is 40.2 Å². The minimum absolute atomic E-state index is 0.0121. The number of amides is 8. The molecule has 8 N–H and O–H groups in total. The van der Waals surface area contributed by atoms with Crippen LogP contribution in [0.5, 0.6) is 0 Å². The van der Waals surface area contributed by atoms with Crippen LogP contribution in [0.15, 0.2) is 59.4 Å². The van der Waals surface area contributed by atoms with Gasteiger partial charge in [-0.05, 0) is 73.1 Å². The number of nitrogens with one attached hydrogen (secondary N) is 6. The van der Waals surface area contributed by atoms with E-state index in [1.165, 1.54) is 0 Å². The maximum atomic E-state index is 14.1. The minimum atomic E-state index is -2.01. The van der Waals surface area contributed by atoms with Gasteiger partial charge in [-0.2, -0.15) is 0 Å². The highest BCUT2D eigenvalue weighted by Gasteiger charge is 2.46. The van der Waals surface area contributed by atoms with Crippen molar-refractivity contribution in [2.45, 2.75) is 83.3 Å². The fourth-order valence-electron chi connectivity index (χ4n) is 10.2. The number of nitrogens with zero attached hydrogens (tertiary/aromatic N) is 4. The van der Waals surface area contributed by atoms with E-state index in [4.69, 9.17) is 19.6 Å². The summed E-state index contributed by atoms with van der Waals surface area (Å²) in [6.45, 7) is 1.75. The van der Waals surface area contributed by atoms with Crippen molar-refractivity contribution in [2.24, 2.45) is 0 Å². The molecule has 5 heterocycles. The lowest BCUT2D eigenvalue weighted by Gasteiger charge is -2.35. The first kappa shape index (κ1) is 55.5. The lowest BCUT2D eigenvalue weighted by molar-refractivity contribution is -0.172. The van der Waals surface area contributed by atoms with Gasteiger partial charge in [0.25, 0.3) is 17.4 Å². The van der Waals surface area contributed by atoms with Crippen LogP contribution in [-0.2, 0) is 89.0 Å². The number of hydrogen-bond acceptors (Lipinski definition) is 16. The third kappa shape index (κ3) is 11.4. The lowest BCUT2D eigenvalue weighted by atomic mass is 9.80. The Hall–Kier alpha value is -8.68. The van der Waals surface area contributed by atoms with E-state index >= 15 is 0 Å². The van der Waals surface area contributed by atoms with E-state index in [0.717, 1.165) is 45.4 Å². The van der Waals surface area contributed by atoms with Crippen molar-refractivity contribution >= 4 is 70.1 Å². The van der Waals surface area contributed by atoms with Gasteiger partial charge in [0.05, 0.1) is 61.2 Å². The number of aryl methyl sites for hydroxylation is 2. The van der Waals surface area contributed by atoms with E-state index in [9.17, 15) is 57.8 Å². The van der Waals surface area contributed by atoms with Crippen LogP contribution in [0.1, 0.15) is 70.3 Å². The summed E-state index contributed by atoms with van der Waals surface area (Å²) in [6.07, 6.45) is 3.01. The van der Waals surface area contributed by atoms with Crippen LogP contribution in [0.2, 0.25) is 0 Å². The number of carbonyl (C=O) groups is 10. The molecule has 8 rings (SSSR count). The normalized spacial score (nSPS) is 17.5. The number of likely N-dealkylation sites (N-methyl/N-ethyl adjacent to an activating group) is 1. The number of cyclic esters (lactones) is 1. The second-order valence-corrected chi connectivity index (χ2v) is 19.2. The third-order valence-corrected chi connectivity index (χ3v) is 14.4. The molecule has 1 unspecified atom stereocenters. The van der Waals surface area contributed by atoms with Gasteiger partial charge in [-0.15, -0.1) is 0 Å². The number of imide groups is 1. The number of hydrogen-bond donors (Lipinski definition) is 8. The van der Waals surface area contributed by atoms with E-state index in [2.05, 4.69) is 31.9 Å². The average molecular weight is 1080 g/mol. The molecule has 0 radical (unpaired) electrons. The highest BCUT2D eigenvalue weighted by molar-refractivity contribution is 6.15. The predicted molar refractivity (Wildman–Crippen MR) is 273 cm³/mol. The number of carbonyl (C=O) groups excluding carboxylic acids is 9. The summed E-state index contributed by atoms with van der Waals surface area (Å²) < 4.78 is 12.4. The largest absolute Gasteiger partial charge is 0.480 e. The number of benzene rings is 2. The number of pyridine rings is 2. The molecule has 8 amide bonds. The first-order valence-electron chi connectivity index (χ1n) is 25.1. The van der Waals surface area contributed by atoms with Crippen molar-refractivity contribution in [3.8, 4) is 11.4 Å². The second kappa shape index (κ2) is 23.3. The predicted octanol–water partition coefficient (Wildman–Crippen LogP) is -1.72. The number of carboxylic acid groups (broad SMARTS) is 1. The van der Waals surface area contributed by atoms with E-state index in [1.807, 2.05) is 19.9 Å². The molecule has 3 aliphatic heterocycles. The summed E-state index contributed by atoms with van der Waals surface area (Å²) in [6, 6.07) is 9.03. The minimum Gasteiger partial charge on any atom is -0.480 e. The number of rotatable bonds is 22. The quantitative estimate of drug-likeness (QED) is 0.0165. The number of aromatic nitrogens is 2. The van der Waals surface area contributed by atoms with Crippen LogP contribution >= 0.6 is 0 Å². The second-order valence-electron chi connectivity index (χ2n) is 19.2. The zero-order valence-electron chi connectivity index (χ0n) is 43.1. The summed E-state index contributed by atoms with van der Waals surface area (Å²) in [7, 11) is 1.65. The molecule has 25 heteroatoms. The zero-order valence-corrected chi connectivity index (χ0v) is 43.1. The Balaban J connectivity index is 0.848. The topological polar surface area (TPSA) is 343 Å². The SMILES string of the molecule is CC[C@@]1(O)C(=O)OCc2c1cc1n(c2=O)Cc2c-1nc1cc(C)c(C)c3c1c2[C@@H](N(C)C(=O)COCNC(=O)CNC(=O)[C@H](Cc1ccccc1)NC(=O)CNC(=O)CNC(=O)C(CNCC(=O)O)N1C(=O)C=CC1=O)CC3. The first-order chi connectivity index (χ1) is 37.2. The molecule has 2 aromatic heterocycles. The number of fused-ring (bicyclic) bond motifs is 5. The number of esters is 1. The molecular formula is C53H58N10O15. The molecule has 4 aromatic rings. The van der Waals surface area contributed by atoms with Crippen molar-refractivity contribution in [2.75, 3.05) is 53.1 Å². The summed E-state index contributed by atoms with van der Waals surface area (Å²) in [5.41, 5.74) is 5.02. The summed E-state index contributed by atoms with van der Waals surface area (Å²) >= 11 is 0. The smallest absolute Gasteiger partial charge is 0.343 e. The third-order valence-electron chi connectivity index (χ3n) is 14.4.